The number of hydrogen-bond acceptors (Lipinski definition) is 6. The van der Waals surface area contributed by atoms with Crippen molar-refractivity contribution in [1.29, 1.82) is 0 Å². The van der Waals surface area contributed by atoms with Crippen LogP contribution in [0.5, 0.6) is 11.6 Å². The molecule has 35 heavy (non-hydrogen) atoms. The topological polar surface area (TPSA) is 128 Å². The number of nitrogens with one attached hydrogen (secondary N) is 2. The molecule has 3 aromatic rings. The lowest BCUT2D eigenvalue weighted by Crippen LogP contribution is -2.37. The summed E-state index contributed by atoms with van der Waals surface area (Å²) in [4.78, 5) is 24.7. The quantitative estimate of drug-likeness (QED) is 0.239. The molecule has 2 aromatic carbocycles. The maximum absolute atomic E-state index is 13.8. The average Bonchev–Trinajstić information content (AvgIpc) is 2.77. The number of halogens is 3. The SMILES string of the molecule is [N-]=[N+]=Nc1cc(Oc2ccc(NC(=O)Nc3cccc(CN4CCC4)c3C(F)(F)F)cc2)ncn1. The number of carbonyl (C=O) groups excluding carboxylic acids is 1. The molecule has 0 atom stereocenters. The molecular formula is C22H19F3N8O2. The summed E-state index contributed by atoms with van der Waals surface area (Å²) in [5.74, 6) is 0.581. The second-order valence-corrected chi connectivity index (χ2v) is 7.58. The number of likely N-dealkylation sites (tertiary alicyclic amines) is 1. The fourth-order valence-corrected chi connectivity index (χ4v) is 3.45. The zero-order chi connectivity index (χ0) is 24.8. The molecule has 1 aliphatic heterocycles. The van der Waals surface area contributed by atoms with Gasteiger partial charge in [0, 0.05) is 23.2 Å². The highest BCUT2D eigenvalue weighted by Gasteiger charge is 2.37. The Morgan fingerprint density at radius 1 is 1.14 bits per heavy atom. The molecule has 1 saturated heterocycles. The third kappa shape index (κ3) is 6.16. The van der Waals surface area contributed by atoms with Crippen molar-refractivity contribution in [3.63, 3.8) is 0 Å². The Morgan fingerprint density at radius 3 is 2.57 bits per heavy atom. The van der Waals surface area contributed by atoms with Crippen LogP contribution in [0.3, 0.4) is 0 Å². The number of nitrogens with zero attached hydrogens (tertiary/aromatic N) is 6. The van der Waals surface area contributed by atoms with E-state index in [9.17, 15) is 18.0 Å². The summed E-state index contributed by atoms with van der Waals surface area (Å²) in [5.41, 5.74) is 7.75. The highest BCUT2D eigenvalue weighted by molar-refractivity contribution is 6.00. The van der Waals surface area contributed by atoms with Gasteiger partial charge < -0.3 is 15.4 Å². The van der Waals surface area contributed by atoms with E-state index in [4.69, 9.17) is 10.3 Å². The van der Waals surface area contributed by atoms with Gasteiger partial charge in [-0.1, -0.05) is 12.1 Å². The standard InChI is InChI=1S/C22H19F3N8O2/c23-22(24,25)20-14(12-33-9-2-10-33)3-1-4-17(20)30-21(34)29-15-5-7-16(8-6-15)35-19-11-18(31-32-26)27-13-28-19/h1,3-8,11,13H,2,9-10,12H2,(H2,29,30,34). The monoisotopic (exact) mass is 484 g/mol. The maximum atomic E-state index is 13.8. The molecule has 1 aliphatic rings. The molecule has 13 heteroatoms. The van der Waals surface area contributed by atoms with Crippen molar-refractivity contribution >= 4 is 23.2 Å². The average molecular weight is 484 g/mol. The maximum Gasteiger partial charge on any atom is 0.418 e. The molecule has 2 heterocycles. The molecule has 0 bridgehead atoms. The molecule has 1 fully saturated rings. The molecule has 4 rings (SSSR count). The smallest absolute Gasteiger partial charge is 0.418 e. The summed E-state index contributed by atoms with van der Waals surface area (Å²) in [7, 11) is 0. The Bertz CT molecular complexity index is 1260. The van der Waals surface area contributed by atoms with Crippen molar-refractivity contribution in [3.05, 3.63) is 76.4 Å². The van der Waals surface area contributed by atoms with Gasteiger partial charge >= 0.3 is 12.2 Å². The second-order valence-electron chi connectivity index (χ2n) is 7.58. The number of ether oxygens (including phenoxy) is 1. The Balaban J connectivity index is 1.42. The van der Waals surface area contributed by atoms with Crippen LogP contribution >= 0.6 is 0 Å². The van der Waals surface area contributed by atoms with Crippen molar-refractivity contribution < 1.29 is 22.7 Å². The summed E-state index contributed by atoms with van der Waals surface area (Å²) < 4.78 is 47.0. The Labute approximate surface area is 197 Å². The van der Waals surface area contributed by atoms with Gasteiger partial charge in [-0.25, -0.2) is 14.8 Å². The summed E-state index contributed by atoms with van der Waals surface area (Å²) in [6.45, 7) is 1.67. The number of hydrogen-bond donors (Lipinski definition) is 2. The number of rotatable bonds is 7. The van der Waals surface area contributed by atoms with Crippen LogP contribution in [0.2, 0.25) is 0 Å². The summed E-state index contributed by atoms with van der Waals surface area (Å²) in [6.07, 6.45) is -2.49. The van der Waals surface area contributed by atoms with Gasteiger partial charge in [-0.3, -0.25) is 4.90 Å². The first-order valence-electron chi connectivity index (χ1n) is 10.5. The minimum absolute atomic E-state index is 0.0830. The highest BCUT2D eigenvalue weighted by atomic mass is 19.4. The van der Waals surface area contributed by atoms with E-state index in [0.29, 0.717) is 11.4 Å². The normalized spacial score (nSPS) is 13.3. The van der Waals surface area contributed by atoms with Crippen LogP contribution in [0.15, 0.2) is 60.0 Å². The van der Waals surface area contributed by atoms with Crippen LogP contribution in [-0.4, -0.2) is 34.0 Å². The van der Waals surface area contributed by atoms with Gasteiger partial charge in [0.15, 0.2) is 0 Å². The molecule has 10 nitrogen and oxygen atoms in total. The van der Waals surface area contributed by atoms with Crippen LogP contribution < -0.4 is 15.4 Å². The first-order chi connectivity index (χ1) is 16.8. The van der Waals surface area contributed by atoms with E-state index in [-0.39, 0.29) is 29.5 Å². The van der Waals surface area contributed by atoms with E-state index in [1.54, 1.807) is 0 Å². The van der Waals surface area contributed by atoms with E-state index in [2.05, 4.69) is 30.6 Å². The third-order valence-electron chi connectivity index (χ3n) is 5.13. The Kier molecular flexibility index (Phi) is 6.99. The number of alkyl halides is 3. The van der Waals surface area contributed by atoms with E-state index in [1.165, 1.54) is 54.9 Å². The van der Waals surface area contributed by atoms with Gasteiger partial charge in [-0.2, -0.15) is 13.2 Å². The predicted octanol–water partition coefficient (Wildman–Crippen LogP) is 6.08. The van der Waals surface area contributed by atoms with Crippen molar-refractivity contribution in [2.24, 2.45) is 5.11 Å². The van der Waals surface area contributed by atoms with Crippen molar-refractivity contribution in [1.82, 2.24) is 14.9 Å². The molecule has 2 N–H and O–H groups in total. The molecule has 0 radical (unpaired) electrons. The minimum Gasteiger partial charge on any atom is -0.439 e. The Morgan fingerprint density at radius 2 is 1.91 bits per heavy atom. The van der Waals surface area contributed by atoms with Crippen molar-refractivity contribution in [2.45, 2.75) is 19.1 Å². The van der Waals surface area contributed by atoms with Gasteiger partial charge in [0.2, 0.25) is 5.88 Å². The second kappa shape index (κ2) is 10.3. The summed E-state index contributed by atoms with van der Waals surface area (Å²) in [5, 5.41) is 8.18. The first kappa shape index (κ1) is 23.8. The molecule has 180 valence electrons. The lowest BCUT2D eigenvalue weighted by molar-refractivity contribution is -0.137. The Hall–Kier alpha value is -4.35. The molecule has 1 aromatic heterocycles. The predicted molar refractivity (Wildman–Crippen MR) is 121 cm³/mol. The van der Waals surface area contributed by atoms with E-state index in [0.717, 1.165) is 19.5 Å². The molecule has 0 aliphatic carbocycles. The molecular weight excluding hydrogens is 465 g/mol. The number of azide groups is 1. The minimum atomic E-state index is -4.62. The van der Waals surface area contributed by atoms with Crippen molar-refractivity contribution in [2.75, 3.05) is 23.7 Å². The van der Waals surface area contributed by atoms with Gasteiger partial charge in [0.1, 0.15) is 17.9 Å². The summed E-state index contributed by atoms with van der Waals surface area (Å²) in [6, 6.07) is 10.7. The van der Waals surface area contributed by atoms with Crippen LogP contribution in [0.1, 0.15) is 17.5 Å². The van der Waals surface area contributed by atoms with Crippen LogP contribution in [0.4, 0.5) is 35.2 Å². The van der Waals surface area contributed by atoms with Gasteiger partial charge in [0.25, 0.3) is 0 Å². The van der Waals surface area contributed by atoms with E-state index >= 15 is 0 Å². The largest absolute Gasteiger partial charge is 0.439 e. The lowest BCUT2D eigenvalue weighted by Gasteiger charge is -2.32. The third-order valence-corrected chi connectivity index (χ3v) is 5.13. The number of amides is 2. The molecule has 0 unspecified atom stereocenters. The number of carbonyl (C=O) groups is 1. The lowest BCUT2D eigenvalue weighted by atomic mass is 10.0. The molecule has 2 amide bonds. The van der Waals surface area contributed by atoms with Gasteiger partial charge in [-0.15, -0.1) is 0 Å². The fourth-order valence-electron chi connectivity index (χ4n) is 3.45. The van der Waals surface area contributed by atoms with Crippen LogP contribution in [0, 0.1) is 0 Å². The van der Waals surface area contributed by atoms with Gasteiger partial charge in [-0.05, 0) is 66.1 Å². The zero-order valence-corrected chi connectivity index (χ0v) is 18.2. The summed E-state index contributed by atoms with van der Waals surface area (Å²) >= 11 is 0. The van der Waals surface area contributed by atoms with E-state index in [1.807, 2.05) is 4.90 Å². The van der Waals surface area contributed by atoms with Crippen LogP contribution in [0.25, 0.3) is 10.4 Å². The first-order valence-corrected chi connectivity index (χ1v) is 10.5. The molecule has 0 spiro atoms. The number of anilines is 2. The fraction of sp³-hybridized carbons (Fsp3) is 0.227. The van der Waals surface area contributed by atoms with Crippen molar-refractivity contribution in [3.8, 4) is 11.6 Å². The van der Waals surface area contributed by atoms with E-state index < -0.39 is 17.8 Å². The number of urea groups is 1. The number of benzene rings is 2. The number of aromatic nitrogens is 2. The van der Waals surface area contributed by atoms with Gasteiger partial charge in [0.05, 0.1) is 11.3 Å². The highest BCUT2D eigenvalue weighted by Crippen LogP contribution is 2.38. The van der Waals surface area contributed by atoms with Crippen LogP contribution in [-0.2, 0) is 12.7 Å². The molecule has 0 saturated carbocycles. The zero-order valence-electron chi connectivity index (χ0n) is 18.2.